The molecule has 0 bridgehead atoms. The van der Waals surface area contributed by atoms with Crippen molar-refractivity contribution in [2.75, 3.05) is 13.7 Å². The molecule has 1 fully saturated rings. The highest BCUT2D eigenvalue weighted by Crippen LogP contribution is 2.26. The van der Waals surface area contributed by atoms with E-state index in [-0.39, 0.29) is 24.9 Å². The molecule has 7 heteroatoms. The summed E-state index contributed by atoms with van der Waals surface area (Å²) >= 11 is 0. The van der Waals surface area contributed by atoms with E-state index in [0.717, 1.165) is 10.5 Å². The number of nitrogens with zero attached hydrogens (tertiary/aromatic N) is 1. The van der Waals surface area contributed by atoms with Crippen molar-refractivity contribution in [3.8, 4) is 5.75 Å². The summed E-state index contributed by atoms with van der Waals surface area (Å²) < 4.78 is 5.18. The first kappa shape index (κ1) is 16.8. The minimum Gasteiger partial charge on any atom is -0.496 e. The zero-order valence-corrected chi connectivity index (χ0v) is 13.0. The fourth-order valence-corrected chi connectivity index (χ4v) is 2.77. The number of rotatable bonds is 4. The summed E-state index contributed by atoms with van der Waals surface area (Å²) in [4.78, 5) is 36.4. The predicted octanol–water partition coefficient (Wildman–Crippen LogP) is 1.39. The van der Waals surface area contributed by atoms with E-state index >= 15 is 0 Å². The number of carboxylic acids is 2. The third-order valence-corrected chi connectivity index (χ3v) is 4.13. The Morgan fingerprint density at radius 2 is 1.87 bits per heavy atom. The number of hydrogen-bond donors (Lipinski definition) is 2. The van der Waals surface area contributed by atoms with Crippen LogP contribution >= 0.6 is 0 Å². The molecule has 2 rings (SSSR count). The van der Waals surface area contributed by atoms with Crippen LogP contribution in [0.1, 0.15) is 28.8 Å². The summed E-state index contributed by atoms with van der Waals surface area (Å²) in [5.41, 5.74) is 1.13. The SMILES string of the molecule is COc1cc(C(=O)N2C[C@@H](C(=O)O)CC[C@H]2C(=O)O)ccc1C. The van der Waals surface area contributed by atoms with Crippen LogP contribution in [0, 0.1) is 12.8 Å². The van der Waals surface area contributed by atoms with Gasteiger partial charge in [-0.3, -0.25) is 9.59 Å². The third kappa shape index (κ3) is 3.44. The molecule has 23 heavy (non-hydrogen) atoms. The molecule has 0 radical (unpaired) electrons. The van der Waals surface area contributed by atoms with Crippen LogP contribution in [0.4, 0.5) is 0 Å². The monoisotopic (exact) mass is 321 g/mol. The highest BCUT2D eigenvalue weighted by atomic mass is 16.5. The Balaban J connectivity index is 2.32. The first-order chi connectivity index (χ1) is 10.8. The number of ether oxygens (including phenoxy) is 1. The van der Waals surface area contributed by atoms with Crippen LogP contribution < -0.4 is 4.74 Å². The molecule has 0 unspecified atom stereocenters. The first-order valence-electron chi connectivity index (χ1n) is 7.26. The quantitative estimate of drug-likeness (QED) is 0.868. The molecule has 1 aromatic rings. The van der Waals surface area contributed by atoms with E-state index in [4.69, 9.17) is 9.84 Å². The van der Waals surface area contributed by atoms with Crippen molar-refractivity contribution in [2.45, 2.75) is 25.8 Å². The maximum atomic E-state index is 12.7. The van der Waals surface area contributed by atoms with Gasteiger partial charge >= 0.3 is 11.9 Å². The third-order valence-electron chi connectivity index (χ3n) is 4.13. The molecule has 1 aliphatic heterocycles. The van der Waals surface area contributed by atoms with Gasteiger partial charge in [-0.2, -0.15) is 0 Å². The molecule has 0 saturated carbocycles. The molecule has 124 valence electrons. The smallest absolute Gasteiger partial charge is 0.326 e. The number of aliphatic carboxylic acids is 2. The average molecular weight is 321 g/mol. The van der Waals surface area contributed by atoms with Crippen LogP contribution in [0.3, 0.4) is 0 Å². The Bertz CT molecular complexity index is 641. The normalized spacial score (nSPS) is 20.9. The molecule has 7 nitrogen and oxygen atoms in total. The number of carboxylic acid groups (broad SMARTS) is 2. The molecule has 1 saturated heterocycles. The van der Waals surface area contributed by atoms with Crippen LogP contribution in [-0.2, 0) is 9.59 Å². The van der Waals surface area contributed by atoms with Gasteiger partial charge in [0.1, 0.15) is 11.8 Å². The van der Waals surface area contributed by atoms with Crippen LogP contribution in [0.2, 0.25) is 0 Å². The van der Waals surface area contributed by atoms with Gasteiger partial charge in [0.15, 0.2) is 0 Å². The van der Waals surface area contributed by atoms with Crippen molar-refractivity contribution < 1.29 is 29.3 Å². The fraction of sp³-hybridized carbons (Fsp3) is 0.438. The van der Waals surface area contributed by atoms with Gasteiger partial charge in [-0.25, -0.2) is 4.79 Å². The van der Waals surface area contributed by atoms with E-state index in [1.165, 1.54) is 7.11 Å². The van der Waals surface area contributed by atoms with E-state index < -0.39 is 29.8 Å². The molecule has 1 amide bonds. The summed E-state index contributed by atoms with van der Waals surface area (Å²) in [5.74, 6) is -2.87. The van der Waals surface area contributed by atoms with Gasteiger partial charge in [-0.15, -0.1) is 0 Å². The van der Waals surface area contributed by atoms with Crippen molar-refractivity contribution in [3.63, 3.8) is 0 Å². The maximum absolute atomic E-state index is 12.7. The predicted molar refractivity (Wildman–Crippen MR) is 80.6 cm³/mol. The Hall–Kier alpha value is -2.57. The minimum atomic E-state index is -1.12. The largest absolute Gasteiger partial charge is 0.496 e. The maximum Gasteiger partial charge on any atom is 0.326 e. The molecule has 1 heterocycles. The Morgan fingerprint density at radius 1 is 1.17 bits per heavy atom. The van der Waals surface area contributed by atoms with E-state index in [1.807, 2.05) is 6.92 Å². The lowest BCUT2D eigenvalue weighted by atomic mass is 9.92. The topological polar surface area (TPSA) is 104 Å². The Labute approximate surface area is 133 Å². The van der Waals surface area contributed by atoms with Gasteiger partial charge in [0, 0.05) is 12.1 Å². The number of likely N-dealkylation sites (tertiary alicyclic amines) is 1. The first-order valence-corrected chi connectivity index (χ1v) is 7.26. The van der Waals surface area contributed by atoms with Gasteiger partial charge in [0.2, 0.25) is 0 Å². The Morgan fingerprint density at radius 3 is 2.43 bits per heavy atom. The van der Waals surface area contributed by atoms with Gasteiger partial charge in [0.25, 0.3) is 5.91 Å². The standard InChI is InChI=1S/C16H19NO6/c1-9-3-4-10(7-13(9)23-2)14(18)17-8-11(15(19)20)5-6-12(17)16(21)22/h3-4,7,11-12H,5-6,8H2,1-2H3,(H,19,20)(H,21,22)/t11-,12-/m0/s1. The van der Waals surface area contributed by atoms with Crippen LogP contribution in [0.5, 0.6) is 5.75 Å². The van der Waals surface area contributed by atoms with Gasteiger partial charge < -0.3 is 19.8 Å². The molecule has 0 aromatic heterocycles. The number of piperidine rings is 1. The number of carbonyl (C=O) groups excluding carboxylic acids is 1. The number of benzene rings is 1. The fourth-order valence-electron chi connectivity index (χ4n) is 2.77. The van der Waals surface area contributed by atoms with Crippen LogP contribution in [0.25, 0.3) is 0 Å². The molecular weight excluding hydrogens is 302 g/mol. The summed E-state index contributed by atoms with van der Waals surface area (Å²) in [5, 5.41) is 18.5. The molecule has 1 aliphatic rings. The van der Waals surface area contributed by atoms with E-state index in [0.29, 0.717) is 5.75 Å². The summed E-state index contributed by atoms with van der Waals surface area (Å²) in [6, 6.07) is 3.83. The molecular formula is C16H19NO6. The van der Waals surface area contributed by atoms with E-state index in [1.54, 1.807) is 18.2 Å². The summed E-state index contributed by atoms with van der Waals surface area (Å²) in [6.45, 7) is 1.72. The van der Waals surface area contributed by atoms with E-state index in [9.17, 15) is 19.5 Å². The second kappa shape index (κ2) is 6.68. The number of aryl methyl sites for hydroxylation is 1. The molecule has 1 aromatic carbocycles. The van der Waals surface area contributed by atoms with Crippen molar-refractivity contribution >= 4 is 17.8 Å². The van der Waals surface area contributed by atoms with Crippen LogP contribution in [-0.4, -0.2) is 52.7 Å². The van der Waals surface area contributed by atoms with Crippen LogP contribution in [0.15, 0.2) is 18.2 Å². The zero-order chi connectivity index (χ0) is 17.1. The molecule has 2 atom stereocenters. The second-order valence-corrected chi connectivity index (χ2v) is 5.61. The van der Waals surface area contributed by atoms with Crippen molar-refractivity contribution in [3.05, 3.63) is 29.3 Å². The number of amides is 1. The van der Waals surface area contributed by atoms with Crippen molar-refractivity contribution in [2.24, 2.45) is 5.92 Å². The zero-order valence-electron chi connectivity index (χ0n) is 13.0. The van der Waals surface area contributed by atoms with E-state index in [2.05, 4.69) is 0 Å². The summed E-state index contributed by atoms with van der Waals surface area (Å²) in [7, 11) is 1.48. The van der Waals surface area contributed by atoms with Crippen molar-refractivity contribution in [1.82, 2.24) is 4.90 Å². The lowest BCUT2D eigenvalue weighted by molar-refractivity contribution is -0.150. The van der Waals surface area contributed by atoms with Crippen molar-refractivity contribution in [1.29, 1.82) is 0 Å². The molecule has 0 spiro atoms. The van der Waals surface area contributed by atoms with Gasteiger partial charge in [-0.05, 0) is 37.5 Å². The number of carbonyl (C=O) groups is 3. The molecule has 2 N–H and O–H groups in total. The highest BCUT2D eigenvalue weighted by molar-refractivity contribution is 5.97. The summed E-state index contributed by atoms with van der Waals surface area (Å²) in [6.07, 6.45) is 0.369. The number of methoxy groups -OCH3 is 1. The highest BCUT2D eigenvalue weighted by Gasteiger charge is 2.38. The average Bonchev–Trinajstić information content (AvgIpc) is 2.53. The Kier molecular flexibility index (Phi) is 4.88. The van der Waals surface area contributed by atoms with Gasteiger partial charge in [-0.1, -0.05) is 6.07 Å². The minimum absolute atomic E-state index is 0.110. The lowest BCUT2D eigenvalue weighted by Crippen LogP contribution is -2.52. The second-order valence-electron chi connectivity index (χ2n) is 5.61. The van der Waals surface area contributed by atoms with Gasteiger partial charge in [0.05, 0.1) is 13.0 Å². The lowest BCUT2D eigenvalue weighted by Gasteiger charge is -2.36. The molecule has 0 aliphatic carbocycles. The number of hydrogen-bond acceptors (Lipinski definition) is 4.